The van der Waals surface area contributed by atoms with Crippen molar-refractivity contribution in [3.63, 3.8) is 0 Å². The number of aromatic nitrogens is 1. The normalized spacial score (nSPS) is 13.0. The molecule has 0 N–H and O–H groups in total. The Balaban J connectivity index is 3.50. The van der Waals surface area contributed by atoms with Gasteiger partial charge in [-0.15, -0.1) is 0 Å². The Morgan fingerprint density at radius 1 is 0.960 bits per heavy atom. The summed E-state index contributed by atoms with van der Waals surface area (Å²) in [5.74, 6) is -6.20. The van der Waals surface area contributed by atoms with E-state index in [1.54, 1.807) is 26.0 Å². The maximum absolute atomic E-state index is 12.4. The molecular formula is C18H23NO6. The first kappa shape index (κ1) is 20.5. The smallest absolute Gasteiger partial charge is 0.317 e. The minimum atomic E-state index is -1.30. The van der Waals surface area contributed by atoms with Crippen LogP contribution in [0.5, 0.6) is 0 Å². The summed E-state index contributed by atoms with van der Waals surface area (Å²) < 4.78 is 9.99. The van der Waals surface area contributed by atoms with E-state index in [0.29, 0.717) is 5.56 Å². The van der Waals surface area contributed by atoms with E-state index in [9.17, 15) is 19.2 Å². The minimum Gasteiger partial charge on any atom is -0.465 e. The van der Waals surface area contributed by atoms with Crippen LogP contribution in [0.3, 0.4) is 0 Å². The van der Waals surface area contributed by atoms with Crippen LogP contribution < -0.4 is 0 Å². The number of nitrogens with zero attached hydrogens (tertiary/aromatic N) is 1. The molecule has 1 rings (SSSR count). The van der Waals surface area contributed by atoms with Crippen molar-refractivity contribution < 1.29 is 28.7 Å². The molecule has 1 aromatic heterocycles. The Bertz CT molecular complexity index is 592. The van der Waals surface area contributed by atoms with Crippen LogP contribution in [0, 0.1) is 11.8 Å². The third-order valence-corrected chi connectivity index (χ3v) is 3.74. The molecule has 25 heavy (non-hydrogen) atoms. The molecule has 0 fully saturated rings. The highest BCUT2D eigenvalue weighted by Crippen LogP contribution is 2.35. The van der Waals surface area contributed by atoms with Gasteiger partial charge >= 0.3 is 11.9 Å². The molecule has 1 heterocycles. The van der Waals surface area contributed by atoms with Gasteiger partial charge in [0.25, 0.3) is 0 Å². The Morgan fingerprint density at radius 2 is 1.44 bits per heavy atom. The summed E-state index contributed by atoms with van der Waals surface area (Å²) in [5.41, 5.74) is 0.420. The standard InChI is InChI=1S/C18H23NO6/c1-5-24-17(22)14(11(3)20)16(13-8-7-9-19-10-13)15(12(4)21)18(23)25-6-2/h7-10,14-16H,5-6H2,1-4H3/t14-,15-/m1/s1. The lowest BCUT2D eigenvalue weighted by molar-refractivity contribution is -0.157. The topological polar surface area (TPSA) is 99.6 Å². The van der Waals surface area contributed by atoms with E-state index in [2.05, 4.69) is 4.98 Å². The van der Waals surface area contributed by atoms with Crippen molar-refractivity contribution in [1.29, 1.82) is 0 Å². The number of carbonyl (C=O) groups is 4. The number of hydrogen-bond acceptors (Lipinski definition) is 7. The fourth-order valence-electron chi connectivity index (χ4n) is 2.75. The van der Waals surface area contributed by atoms with Crippen molar-refractivity contribution in [3.05, 3.63) is 30.1 Å². The van der Waals surface area contributed by atoms with Gasteiger partial charge in [0.15, 0.2) is 0 Å². The van der Waals surface area contributed by atoms with Crippen molar-refractivity contribution in [3.8, 4) is 0 Å². The van der Waals surface area contributed by atoms with Crippen molar-refractivity contribution in [2.24, 2.45) is 11.8 Å². The molecule has 0 aromatic carbocycles. The molecule has 136 valence electrons. The molecule has 0 unspecified atom stereocenters. The molecule has 0 bridgehead atoms. The van der Waals surface area contributed by atoms with Gasteiger partial charge in [-0.1, -0.05) is 6.07 Å². The van der Waals surface area contributed by atoms with E-state index in [1.165, 1.54) is 26.2 Å². The first-order chi connectivity index (χ1) is 11.8. The Labute approximate surface area is 146 Å². The van der Waals surface area contributed by atoms with Crippen molar-refractivity contribution in [2.45, 2.75) is 33.6 Å². The lowest BCUT2D eigenvalue weighted by atomic mass is 9.74. The Morgan fingerprint density at radius 3 is 1.76 bits per heavy atom. The predicted molar refractivity (Wildman–Crippen MR) is 88.6 cm³/mol. The highest BCUT2D eigenvalue weighted by atomic mass is 16.5. The summed E-state index contributed by atoms with van der Waals surface area (Å²) in [5, 5.41) is 0. The SMILES string of the molecule is CCOC(=O)[C@H](C(C)=O)C(c1cccnc1)[C@@H](C(C)=O)C(=O)OCC. The second-order valence-electron chi connectivity index (χ2n) is 5.49. The fraction of sp³-hybridized carbons (Fsp3) is 0.500. The van der Waals surface area contributed by atoms with Crippen molar-refractivity contribution >= 4 is 23.5 Å². The van der Waals surface area contributed by atoms with Crippen LogP contribution in [-0.4, -0.2) is 41.7 Å². The van der Waals surface area contributed by atoms with Crippen LogP contribution in [0.1, 0.15) is 39.2 Å². The molecule has 0 aliphatic rings. The van der Waals surface area contributed by atoms with Crippen molar-refractivity contribution in [2.75, 3.05) is 13.2 Å². The van der Waals surface area contributed by atoms with E-state index < -0.39 is 41.3 Å². The van der Waals surface area contributed by atoms with Gasteiger partial charge in [0, 0.05) is 18.3 Å². The molecule has 0 saturated heterocycles. The second kappa shape index (κ2) is 9.66. The lowest BCUT2D eigenvalue weighted by Crippen LogP contribution is -2.40. The maximum atomic E-state index is 12.4. The summed E-state index contributed by atoms with van der Waals surface area (Å²) >= 11 is 0. The number of ether oxygens (including phenoxy) is 2. The van der Waals surface area contributed by atoms with Crippen LogP contribution in [0.15, 0.2) is 24.5 Å². The third kappa shape index (κ3) is 5.20. The second-order valence-corrected chi connectivity index (χ2v) is 5.49. The Kier molecular flexibility index (Phi) is 7.91. The molecule has 0 amide bonds. The van der Waals surface area contributed by atoms with Gasteiger partial charge in [-0.3, -0.25) is 24.2 Å². The minimum absolute atomic E-state index is 0.0759. The van der Waals surface area contributed by atoms with E-state index in [1.807, 2.05) is 0 Å². The van der Waals surface area contributed by atoms with Gasteiger partial charge in [0.2, 0.25) is 0 Å². The summed E-state index contributed by atoms with van der Waals surface area (Å²) in [6.07, 6.45) is 2.94. The lowest BCUT2D eigenvalue weighted by Gasteiger charge is -2.28. The van der Waals surface area contributed by atoms with Crippen LogP contribution in [0.25, 0.3) is 0 Å². The van der Waals surface area contributed by atoms with Crippen LogP contribution in [0.4, 0.5) is 0 Å². The number of rotatable bonds is 9. The molecule has 0 radical (unpaired) electrons. The monoisotopic (exact) mass is 349 g/mol. The third-order valence-electron chi connectivity index (χ3n) is 3.74. The predicted octanol–water partition coefficient (Wildman–Crippen LogP) is 1.70. The molecule has 2 atom stereocenters. The molecule has 0 aliphatic heterocycles. The number of esters is 2. The maximum Gasteiger partial charge on any atom is 0.317 e. The number of hydrogen-bond donors (Lipinski definition) is 0. The molecule has 7 nitrogen and oxygen atoms in total. The van der Waals surface area contributed by atoms with Gasteiger partial charge < -0.3 is 9.47 Å². The zero-order valence-electron chi connectivity index (χ0n) is 14.9. The number of Topliss-reactive ketones (excluding diaryl/α,β-unsaturated/α-hetero) is 2. The molecule has 1 aromatic rings. The summed E-state index contributed by atoms with van der Waals surface area (Å²) in [6, 6.07) is 3.22. The fourth-order valence-corrected chi connectivity index (χ4v) is 2.75. The summed E-state index contributed by atoms with van der Waals surface area (Å²) in [7, 11) is 0. The van der Waals surface area contributed by atoms with Crippen molar-refractivity contribution in [1.82, 2.24) is 4.98 Å². The highest BCUT2D eigenvalue weighted by Gasteiger charge is 2.45. The molecular weight excluding hydrogens is 326 g/mol. The first-order valence-corrected chi connectivity index (χ1v) is 8.09. The average molecular weight is 349 g/mol. The number of ketones is 2. The van der Waals surface area contributed by atoms with E-state index in [-0.39, 0.29) is 13.2 Å². The van der Waals surface area contributed by atoms with E-state index in [4.69, 9.17) is 9.47 Å². The largest absolute Gasteiger partial charge is 0.465 e. The molecule has 0 spiro atoms. The Hall–Kier alpha value is -2.57. The number of carbonyl (C=O) groups excluding carboxylic acids is 4. The van der Waals surface area contributed by atoms with E-state index in [0.717, 1.165) is 0 Å². The molecule has 7 heteroatoms. The first-order valence-electron chi connectivity index (χ1n) is 8.09. The quantitative estimate of drug-likeness (QED) is 0.494. The molecule has 0 saturated carbocycles. The van der Waals surface area contributed by atoms with Gasteiger partial charge in [-0.25, -0.2) is 0 Å². The summed E-state index contributed by atoms with van der Waals surface area (Å²) in [6.45, 7) is 5.84. The van der Waals surface area contributed by atoms with Gasteiger partial charge in [0.1, 0.15) is 23.4 Å². The zero-order valence-corrected chi connectivity index (χ0v) is 14.9. The zero-order chi connectivity index (χ0) is 19.0. The highest BCUT2D eigenvalue weighted by molar-refractivity contribution is 6.04. The van der Waals surface area contributed by atoms with Crippen LogP contribution >= 0.6 is 0 Å². The average Bonchev–Trinajstić information content (AvgIpc) is 2.54. The van der Waals surface area contributed by atoms with Crippen LogP contribution in [0.2, 0.25) is 0 Å². The number of pyridine rings is 1. The van der Waals surface area contributed by atoms with E-state index >= 15 is 0 Å². The summed E-state index contributed by atoms with van der Waals surface area (Å²) in [4.78, 5) is 53.1. The van der Waals surface area contributed by atoms with Crippen LogP contribution in [-0.2, 0) is 28.7 Å². The van der Waals surface area contributed by atoms with Gasteiger partial charge in [-0.05, 0) is 39.3 Å². The van der Waals surface area contributed by atoms with Gasteiger partial charge in [-0.2, -0.15) is 0 Å². The van der Waals surface area contributed by atoms with Gasteiger partial charge in [0.05, 0.1) is 13.2 Å². The molecule has 0 aliphatic carbocycles.